The van der Waals surface area contributed by atoms with Crippen LogP contribution in [-0.2, 0) is 45.5 Å². The highest BCUT2D eigenvalue weighted by Crippen LogP contribution is 2.43. The van der Waals surface area contributed by atoms with Gasteiger partial charge in [0, 0.05) is 44.6 Å². The zero-order valence-electron chi connectivity index (χ0n) is 38.2. The maximum absolute atomic E-state index is 12.8. The van der Waals surface area contributed by atoms with Gasteiger partial charge in [-0.3, -0.25) is 18.6 Å². The van der Waals surface area contributed by atoms with Crippen LogP contribution < -0.4 is 5.73 Å². The van der Waals surface area contributed by atoms with Crippen molar-refractivity contribution in [1.29, 1.82) is 0 Å². The van der Waals surface area contributed by atoms with Gasteiger partial charge in [-0.15, -0.1) is 0 Å². The molecule has 6 N–H and O–H groups in total. The van der Waals surface area contributed by atoms with Gasteiger partial charge in [-0.1, -0.05) is 116 Å². The summed E-state index contributed by atoms with van der Waals surface area (Å²) in [6.45, 7) is 7.69. The van der Waals surface area contributed by atoms with Gasteiger partial charge in [0.15, 0.2) is 6.10 Å². The van der Waals surface area contributed by atoms with E-state index in [1.165, 1.54) is 43.2 Å². The normalized spacial score (nSPS) is 20.0. The van der Waals surface area contributed by atoms with Gasteiger partial charge in [-0.25, -0.2) is 4.57 Å². The summed E-state index contributed by atoms with van der Waals surface area (Å²) in [4.78, 5) is 35.3. The molecule has 0 saturated heterocycles. The first-order valence-electron chi connectivity index (χ1n) is 23.8. The third-order valence-electron chi connectivity index (χ3n) is 12.0. The van der Waals surface area contributed by atoms with Crippen molar-refractivity contribution in [2.24, 2.45) is 17.6 Å². The number of ether oxygens (including phenoxy) is 2. The maximum atomic E-state index is 12.8. The lowest BCUT2D eigenvalue weighted by molar-refractivity contribution is -0.161. The van der Waals surface area contributed by atoms with Crippen LogP contribution in [0.15, 0.2) is 16.6 Å². The highest BCUT2D eigenvalue weighted by atomic mass is 31.2. The molecule has 1 heterocycles. The number of carbonyl (C=O) groups excluding carboxylic acids is 2. The van der Waals surface area contributed by atoms with Crippen molar-refractivity contribution in [1.82, 2.24) is 0 Å². The molecule has 1 aliphatic rings. The Balaban J connectivity index is 1.66. The quantitative estimate of drug-likeness (QED) is 0.0183. The smallest absolute Gasteiger partial charge is 0.466 e. The number of carbonyl (C=O) groups is 2. The summed E-state index contributed by atoms with van der Waals surface area (Å²) in [6.07, 6.45) is 22.7. The summed E-state index contributed by atoms with van der Waals surface area (Å²) >= 11 is 0. The summed E-state index contributed by atoms with van der Waals surface area (Å²) in [6, 6.07) is 0. The number of hydrogen-bond donors (Lipinski definition) is 5. The molecule has 0 bridgehead atoms. The summed E-state index contributed by atoms with van der Waals surface area (Å²) in [5, 5.41) is 31.4. The van der Waals surface area contributed by atoms with Crippen molar-refractivity contribution in [3.63, 3.8) is 0 Å². The van der Waals surface area contributed by atoms with Crippen molar-refractivity contribution in [2.45, 2.75) is 213 Å². The number of nitrogens with two attached hydrogens (primary N) is 1. The number of esters is 2. The molecule has 0 spiro atoms. The lowest BCUT2D eigenvalue weighted by atomic mass is 9.88. The van der Waals surface area contributed by atoms with Crippen LogP contribution in [0.5, 0.6) is 0 Å². The van der Waals surface area contributed by atoms with Gasteiger partial charge >= 0.3 is 19.8 Å². The van der Waals surface area contributed by atoms with Crippen LogP contribution in [0.1, 0.15) is 184 Å². The molecule has 14 heteroatoms. The largest absolute Gasteiger partial charge is 0.472 e. The Labute approximate surface area is 367 Å². The van der Waals surface area contributed by atoms with Crippen LogP contribution in [0.2, 0.25) is 0 Å². The van der Waals surface area contributed by atoms with Gasteiger partial charge in [-0.05, 0) is 69.4 Å². The average Bonchev–Trinajstić information content (AvgIpc) is 3.66. The van der Waals surface area contributed by atoms with E-state index < -0.39 is 50.8 Å². The van der Waals surface area contributed by atoms with E-state index in [0.29, 0.717) is 25.7 Å². The monoisotopic (exact) mass is 886 g/mol. The number of aryl methyl sites for hydroxylation is 2. The van der Waals surface area contributed by atoms with Crippen molar-refractivity contribution < 1.29 is 57.3 Å². The number of hydrogen-bond acceptors (Lipinski definition) is 12. The number of aliphatic hydroxyl groups excluding tert-OH is 3. The van der Waals surface area contributed by atoms with Crippen LogP contribution in [0.25, 0.3) is 0 Å². The maximum Gasteiger partial charge on any atom is 0.472 e. The van der Waals surface area contributed by atoms with E-state index in [0.717, 1.165) is 101 Å². The van der Waals surface area contributed by atoms with Crippen LogP contribution in [0.3, 0.4) is 0 Å². The van der Waals surface area contributed by atoms with Crippen molar-refractivity contribution >= 4 is 19.8 Å². The number of rotatable bonds is 37. The number of furan rings is 1. The Morgan fingerprint density at radius 2 is 1.33 bits per heavy atom. The van der Waals surface area contributed by atoms with E-state index in [2.05, 4.69) is 27.7 Å². The molecule has 1 aromatic heterocycles. The number of phosphoric acid groups is 1. The molecular weight excluding hydrogens is 801 g/mol. The van der Waals surface area contributed by atoms with E-state index in [1.54, 1.807) is 6.08 Å². The summed E-state index contributed by atoms with van der Waals surface area (Å²) < 4.78 is 39.1. The second-order valence-electron chi connectivity index (χ2n) is 17.2. The molecule has 1 fully saturated rings. The molecule has 2 rings (SSSR count). The Hall–Kier alpha value is -2.09. The molecule has 0 aromatic carbocycles. The van der Waals surface area contributed by atoms with E-state index >= 15 is 0 Å². The van der Waals surface area contributed by atoms with Crippen molar-refractivity contribution in [3.8, 4) is 0 Å². The van der Waals surface area contributed by atoms with Gasteiger partial charge in [0.25, 0.3) is 0 Å². The SMILES string of the molecule is CCCCCc1oc(CCCCCCCCCCC(=O)OC[C@H](COP(=O)(O)OCCN)OC(=O)CCCCCC[C@@H]2[C@@H](/C=C/[C@@H](O)CCCCC)[C@H](O)C[C@@H]2O)c(C)c1C. The van der Waals surface area contributed by atoms with Crippen LogP contribution in [0, 0.1) is 25.7 Å². The third-order valence-corrected chi connectivity index (χ3v) is 12.9. The average molecular weight is 886 g/mol. The Kier molecular flexibility index (Phi) is 29.4. The van der Waals surface area contributed by atoms with Gasteiger partial charge in [0.1, 0.15) is 18.1 Å². The van der Waals surface area contributed by atoms with Crippen LogP contribution >= 0.6 is 7.82 Å². The molecule has 7 atom stereocenters. The first-order chi connectivity index (χ1) is 29.3. The molecular formula is C47H84NO12P. The van der Waals surface area contributed by atoms with Crippen molar-refractivity contribution in [2.75, 3.05) is 26.4 Å². The fourth-order valence-corrected chi connectivity index (χ4v) is 8.85. The summed E-state index contributed by atoms with van der Waals surface area (Å²) in [7, 11) is -4.45. The molecule has 0 aliphatic heterocycles. The molecule has 0 amide bonds. The standard InChI is InChI=1S/C47H84NO12P/c1-5-7-17-23-38(49)29-30-41-40(42(50)33-43(41)51)24-19-15-16-22-28-47(53)59-39(35-58-61(54,55)57-32-31-48)34-56-46(52)27-21-14-12-10-9-11-13-20-26-45-37(4)36(3)44(60-45)25-18-8-6-2/h29-30,38-43,49-51H,5-28,31-35,48H2,1-4H3,(H,54,55)/b30-29+/t38-,39+,40+,41+,42-,43+/m0/s1. The predicted molar refractivity (Wildman–Crippen MR) is 239 cm³/mol. The van der Waals surface area contributed by atoms with E-state index in [4.69, 9.17) is 28.7 Å². The first-order valence-corrected chi connectivity index (χ1v) is 25.3. The number of unbranched alkanes of at least 4 members (excludes halogenated alkanes) is 14. The van der Waals surface area contributed by atoms with Gasteiger partial charge < -0.3 is 39.8 Å². The Morgan fingerprint density at radius 3 is 1.95 bits per heavy atom. The molecule has 1 aliphatic carbocycles. The summed E-state index contributed by atoms with van der Waals surface area (Å²) in [5.74, 6) is 1.02. The van der Waals surface area contributed by atoms with Crippen molar-refractivity contribution in [3.05, 3.63) is 34.8 Å². The fourth-order valence-electron chi connectivity index (χ4n) is 8.09. The van der Waals surface area contributed by atoms with E-state index in [-0.39, 0.29) is 44.4 Å². The highest BCUT2D eigenvalue weighted by molar-refractivity contribution is 7.47. The minimum atomic E-state index is -4.45. The number of phosphoric ester groups is 1. The van der Waals surface area contributed by atoms with Gasteiger partial charge in [0.2, 0.25) is 0 Å². The third kappa shape index (κ3) is 24.0. The van der Waals surface area contributed by atoms with E-state index in [9.17, 15) is 34.4 Å². The van der Waals surface area contributed by atoms with Gasteiger partial charge in [0.05, 0.1) is 31.5 Å². The fraction of sp³-hybridized carbons (Fsp3) is 0.830. The van der Waals surface area contributed by atoms with E-state index in [1.807, 2.05) is 6.08 Å². The minimum absolute atomic E-state index is 0.0140. The summed E-state index contributed by atoms with van der Waals surface area (Å²) in [5.41, 5.74) is 7.99. The minimum Gasteiger partial charge on any atom is -0.466 e. The Bertz CT molecular complexity index is 1400. The lowest BCUT2D eigenvalue weighted by Gasteiger charge is -2.21. The lowest BCUT2D eigenvalue weighted by Crippen LogP contribution is -2.29. The van der Waals surface area contributed by atoms with Gasteiger partial charge in [-0.2, -0.15) is 0 Å². The number of aliphatic hydroxyl groups is 3. The molecule has 13 nitrogen and oxygen atoms in total. The Morgan fingerprint density at radius 1 is 0.770 bits per heavy atom. The second kappa shape index (κ2) is 32.5. The van der Waals surface area contributed by atoms with Crippen LogP contribution in [-0.4, -0.2) is 82.9 Å². The highest BCUT2D eigenvalue weighted by Gasteiger charge is 2.39. The molecule has 1 aromatic rings. The molecule has 1 unspecified atom stereocenters. The molecule has 61 heavy (non-hydrogen) atoms. The predicted octanol–water partition coefficient (Wildman–Crippen LogP) is 9.43. The zero-order chi connectivity index (χ0) is 44.9. The zero-order valence-corrected chi connectivity index (χ0v) is 39.1. The van der Waals surface area contributed by atoms with Crippen LogP contribution in [0.4, 0.5) is 0 Å². The molecule has 1 saturated carbocycles. The molecule has 354 valence electrons. The first kappa shape index (κ1) is 55.0. The topological polar surface area (TPSA) is 208 Å². The second-order valence-corrected chi connectivity index (χ2v) is 18.6. The molecule has 0 radical (unpaired) electrons.